The summed E-state index contributed by atoms with van der Waals surface area (Å²) in [5, 5.41) is 11.1. The first-order chi connectivity index (χ1) is 13.4. The molecule has 0 radical (unpaired) electrons. The third kappa shape index (κ3) is 2.96. The van der Waals surface area contributed by atoms with E-state index in [0.29, 0.717) is 23.3 Å². The van der Waals surface area contributed by atoms with Crippen LogP contribution in [-0.4, -0.2) is 39.5 Å². The maximum Gasteiger partial charge on any atom is 0.434 e. The van der Waals surface area contributed by atoms with Crippen LogP contribution in [0.25, 0.3) is 5.82 Å². The summed E-state index contributed by atoms with van der Waals surface area (Å²) in [5.74, 6) is -0.784. The molecule has 1 aliphatic heterocycles. The van der Waals surface area contributed by atoms with Crippen molar-refractivity contribution >= 4 is 11.6 Å². The smallest absolute Gasteiger partial charge is 0.434 e. The predicted octanol–water partition coefficient (Wildman–Crippen LogP) is 2.89. The highest BCUT2D eigenvalue weighted by molar-refractivity contribution is 6.08. The van der Waals surface area contributed by atoms with Gasteiger partial charge in [-0.3, -0.25) is 4.79 Å². The Morgan fingerprint density at radius 3 is 2.61 bits per heavy atom. The molecule has 3 heterocycles. The number of amides is 1. The number of hydrogen-bond donors (Lipinski definition) is 0. The SMILES string of the molecule is COc1ccc(-n2ncc(C(=O)N3CCc4ccccc43)c2C(F)(F)F)nn1. The van der Waals surface area contributed by atoms with Gasteiger partial charge in [0, 0.05) is 18.3 Å². The largest absolute Gasteiger partial charge is 0.480 e. The first kappa shape index (κ1) is 18.0. The molecule has 0 aliphatic carbocycles. The third-order valence-corrected chi connectivity index (χ3v) is 4.45. The molecule has 2 aromatic heterocycles. The summed E-state index contributed by atoms with van der Waals surface area (Å²) in [6.45, 7) is 0.309. The minimum atomic E-state index is -4.82. The molecule has 7 nitrogen and oxygen atoms in total. The zero-order valence-electron chi connectivity index (χ0n) is 14.6. The molecule has 0 atom stereocenters. The Labute approximate surface area is 157 Å². The van der Waals surface area contributed by atoms with Gasteiger partial charge in [-0.2, -0.15) is 18.3 Å². The number of benzene rings is 1. The van der Waals surface area contributed by atoms with Gasteiger partial charge in [0.15, 0.2) is 11.5 Å². The average Bonchev–Trinajstić information content (AvgIpc) is 3.32. The molecule has 0 bridgehead atoms. The maximum absolute atomic E-state index is 13.8. The van der Waals surface area contributed by atoms with E-state index < -0.39 is 23.3 Å². The molecule has 1 amide bonds. The fourth-order valence-corrected chi connectivity index (χ4v) is 3.18. The van der Waals surface area contributed by atoms with Crippen LogP contribution in [0.4, 0.5) is 18.9 Å². The molecular weight excluding hydrogens is 375 g/mol. The Hall–Kier alpha value is -3.43. The van der Waals surface area contributed by atoms with Gasteiger partial charge in [0.2, 0.25) is 5.88 Å². The highest BCUT2D eigenvalue weighted by Gasteiger charge is 2.42. The number of carbonyl (C=O) groups is 1. The summed E-state index contributed by atoms with van der Waals surface area (Å²) in [7, 11) is 1.36. The van der Waals surface area contributed by atoms with Gasteiger partial charge in [0.25, 0.3) is 5.91 Å². The van der Waals surface area contributed by atoms with Crippen LogP contribution in [-0.2, 0) is 12.6 Å². The Morgan fingerprint density at radius 1 is 1.14 bits per heavy atom. The molecule has 0 saturated carbocycles. The maximum atomic E-state index is 13.8. The van der Waals surface area contributed by atoms with Crippen LogP contribution in [0.5, 0.6) is 5.88 Å². The monoisotopic (exact) mass is 389 g/mol. The molecule has 0 saturated heterocycles. The molecule has 0 N–H and O–H groups in total. The Balaban J connectivity index is 1.78. The minimum Gasteiger partial charge on any atom is -0.480 e. The van der Waals surface area contributed by atoms with Gasteiger partial charge in [-0.1, -0.05) is 18.2 Å². The fourth-order valence-electron chi connectivity index (χ4n) is 3.18. The number of anilines is 1. The number of ether oxygens (including phenoxy) is 1. The van der Waals surface area contributed by atoms with Crippen LogP contribution in [0.15, 0.2) is 42.6 Å². The second-order valence-corrected chi connectivity index (χ2v) is 6.09. The molecule has 0 spiro atoms. The summed E-state index contributed by atoms with van der Waals surface area (Å²) in [6.07, 6.45) is -3.32. The third-order valence-electron chi connectivity index (χ3n) is 4.45. The molecule has 10 heteroatoms. The Bertz CT molecular complexity index is 1030. The number of carbonyl (C=O) groups excluding carboxylic acids is 1. The van der Waals surface area contributed by atoms with Crippen molar-refractivity contribution in [2.24, 2.45) is 0 Å². The first-order valence-electron chi connectivity index (χ1n) is 8.33. The van der Waals surface area contributed by atoms with Gasteiger partial charge in [-0.25, -0.2) is 4.68 Å². The molecule has 1 aromatic carbocycles. The summed E-state index contributed by atoms with van der Waals surface area (Å²) in [4.78, 5) is 14.3. The van der Waals surface area contributed by atoms with Gasteiger partial charge in [0.05, 0.1) is 18.9 Å². The van der Waals surface area contributed by atoms with E-state index in [2.05, 4.69) is 15.3 Å². The van der Waals surface area contributed by atoms with Gasteiger partial charge in [-0.05, 0) is 24.1 Å². The van der Waals surface area contributed by atoms with Crippen LogP contribution in [0.1, 0.15) is 21.6 Å². The van der Waals surface area contributed by atoms with Crippen molar-refractivity contribution in [2.45, 2.75) is 12.6 Å². The molecule has 3 aromatic rings. The van der Waals surface area contributed by atoms with E-state index in [1.807, 2.05) is 12.1 Å². The number of hydrogen-bond acceptors (Lipinski definition) is 5. The van der Waals surface area contributed by atoms with Crippen molar-refractivity contribution in [2.75, 3.05) is 18.6 Å². The van der Waals surface area contributed by atoms with Gasteiger partial charge >= 0.3 is 6.18 Å². The number of rotatable bonds is 3. The van der Waals surface area contributed by atoms with Gasteiger partial charge < -0.3 is 9.64 Å². The van der Waals surface area contributed by atoms with Gasteiger partial charge in [-0.15, -0.1) is 10.2 Å². The van der Waals surface area contributed by atoms with Gasteiger partial charge in [0.1, 0.15) is 0 Å². The number of aromatic nitrogens is 4. The van der Waals surface area contributed by atoms with E-state index in [9.17, 15) is 18.0 Å². The summed E-state index contributed by atoms with van der Waals surface area (Å²) in [5.41, 5.74) is -0.210. The number of para-hydroxylation sites is 1. The highest BCUT2D eigenvalue weighted by Crippen LogP contribution is 2.36. The van der Waals surface area contributed by atoms with Crippen molar-refractivity contribution in [3.05, 3.63) is 59.4 Å². The van der Waals surface area contributed by atoms with Crippen LogP contribution in [0.2, 0.25) is 0 Å². The zero-order chi connectivity index (χ0) is 19.9. The van der Waals surface area contributed by atoms with Crippen molar-refractivity contribution in [1.82, 2.24) is 20.0 Å². The predicted molar refractivity (Wildman–Crippen MR) is 92.5 cm³/mol. The summed E-state index contributed by atoms with van der Waals surface area (Å²) < 4.78 is 46.9. The van der Waals surface area contributed by atoms with Crippen molar-refractivity contribution in [3.63, 3.8) is 0 Å². The van der Waals surface area contributed by atoms with Crippen LogP contribution in [0, 0.1) is 0 Å². The molecule has 28 heavy (non-hydrogen) atoms. The molecule has 0 fully saturated rings. The number of alkyl halides is 3. The minimum absolute atomic E-state index is 0.148. The lowest BCUT2D eigenvalue weighted by atomic mass is 10.1. The molecule has 0 unspecified atom stereocenters. The van der Waals surface area contributed by atoms with E-state index in [0.717, 1.165) is 11.8 Å². The van der Waals surface area contributed by atoms with Crippen molar-refractivity contribution in [1.29, 1.82) is 0 Å². The molecule has 144 valence electrons. The number of fused-ring (bicyclic) bond motifs is 1. The van der Waals surface area contributed by atoms with E-state index in [1.54, 1.807) is 12.1 Å². The first-order valence-corrected chi connectivity index (χ1v) is 8.33. The fraction of sp³-hybridized carbons (Fsp3) is 0.222. The highest BCUT2D eigenvalue weighted by atomic mass is 19.4. The van der Waals surface area contributed by atoms with E-state index in [1.165, 1.54) is 24.1 Å². The number of methoxy groups -OCH3 is 1. The van der Waals surface area contributed by atoms with E-state index >= 15 is 0 Å². The Kier molecular flexibility index (Phi) is 4.25. The normalized spacial score (nSPS) is 13.5. The topological polar surface area (TPSA) is 73.1 Å². The molecular formula is C18H14F3N5O2. The van der Waals surface area contributed by atoms with E-state index in [-0.39, 0.29) is 11.7 Å². The summed E-state index contributed by atoms with van der Waals surface area (Å²) in [6, 6.07) is 9.78. The van der Waals surface area contributed by atoms with Crippen LogP contribution < -0.4 is 9.64 Å². The second kappa shape index (κ2) is 6.63. The van der Waals surface area contributed by atoms with Crippen LogP contribution in [0.3, 0.4) is 0 Å². The standard InChI is InChI=1S/C18H14F3N5O2/c1-28-15-7-6-14(23-24-15)26-16(18(19,20)21)12(10-22-26)17(27)25-9-8-11-4-2-3-5-13(11)25/h2-7,10H,8-9H2,1H3. The lowest BCUT2D eigenvalue weighted by molar-refractivity contribution is -0.143. The van der Waals surface area contributed by atoms with Crippen molar-refractivity contribution < 1.29 is 22.7 Å². The van der Waals surface area contributed by atoms with E-state index in [4.69, 9.17) is 4.74 Å². The quantitative estimate of drug-likeness (QED) is 0.689. The number of nitrogens with zero attached hydrogens (tertiary/aromatic N) is 5. The average molecular weight is 389 g/mol. The molecule has 1 aliphatic rings. The lowest BCUT2D eigenvalue weighted by Gasteiger charge is -2.18. The van der Waals surface area contributed by atoms with Crippen molar-refractivity contribution in [3.8, 4) is 11.7 Å². The lowest BCUT2D eigenvalue weighted by Crippen LogP contribution is -2.31. The molecule has 4 rings (SSSR count). The second-order valence-electron chi connectivity index (χ2n) is 6.09. The van der Waals surface area contributed by atoms with Crippen LogP contribution >= 0.6 is 0 Å². The Morgan fingerprint density at radius 2 is 1.93 bits per heavy atom. The summed E-state index contributed by atoms with van der Waals surface area (Å²) >= 11 is 0. The number of halogens is 3. The zero-order valence-corrected chi connectivity index (χ0v) is 14.6.